The Labute approximate surface area is 144 Å². The van der Waals surface area contributed by atoms with Gasteiger partial charge in [-0.05, 0) is 18.2 Å². The lowest BCUT2D eigenvalue weighted by molar-refractivity contribution is -0.136. The van der Waals surface area contributed by atoms with Crippen LogP contribution in [0.2, 0.25) is 5.02 Å². The first-order valence-electron chi connectivity index (χ1n) is 7.48. The van der Waals surface area contributed by atoms with Crippen LogP contribution in [0.15, 0.2) is 29.6 Å². The van der Waals surface area contributed by atoms with E-state index in [1.54, 1.807) is 0 Å². The summed E-state index contributed by atoms with van der Waals surface area (Å²) in [4.78, 5) is 19.8. The summed E-state index contributed by atoms with van der Waals surface area (Å²) in [5, 5.41) is 12.4. The molecule has 2 heterocycles. The minimum absolute atomic E-state index is 0.000948. The molecule has 3 rings (SSSR count). The van der Waals surface area contributed by atoms with E-state index in [1.165, 1.54) is 11.3 Å². The standard InChI is InChI=1S/C16H18ClN3O2S/c17-12-2-1-3-14(8-12)20-6-4-19(5-7-20)10-15-18-13(11-23-15)9-16(21)22/h1-3,8,11H,4-7,9-10H2,(H,21,22). The predicted octanol–water partition coefficient (Wildman–Crippen LogP) is 2.75. The average Bonchev–Trinajstić information content (AvgIpc) is 2.94. The molecule has 23 heavy (non-hydrogen) atoms. The molecule has 0 saturated carbocycles. The summed E-state index contributed by atoms with van der Waals surface area (Å²) in [5.41, 5.74) is 1.81. The summed E-state index contributed by atoms with van der Waals surface area (Å²) in [6, 6.07) is 7.94. The Morgan fingerprint density at radius 2 is 2.09 bits per heavy atom. The van der Waals surface area contributed by atoms with Crippen LogP contribution in [0.25, 0.3) is 0 Å². The number of carboxylic acid groups (broad SMARTS) is 1. The molecule has 0 amide bonds. The quantitative estimate of drug-likeness (QED) is 0.897. The van der Waals surface area contributed by atoms with E-state index in [2.05, 4.69) is 20.9 Å². The van der Waals surface area contributed by atoms with Crippen LogP contribution in [0.1, 0.15) is 10.7 Å². The predicted molar refractivity (Wildman–Crippen MR) is 92.4 cm³/mol. The number of piperazine rings is 1. The van der Waals surface area contributed by atoms with Crippen molar-refractivity contribution in [3.05, 3.63) is 45.4 Å². The van der Waals surface area contributed by atoms with E-state index in [0.29, 0.717) is 5.69 Å². The summed E-state index contributed by atoms with van der Waals surface area (Å²) in [7, 11) is 0. The average molecular weight is 352 g/mol. The van der Waals surface area contributed by atoms with Crippen LogP contribution >= 0.6 is 22.9 Å². The van der Waals surface area contributed by atoms with Gasteiger partial charge in [0.05, 0.1) is 18.7 Å². The highest BCUT2D eigenvalue weighted by molar-refractivity contribution is 7.09. The molecule has 7 heteroatoms. The number of carbonyl (C=O) groups is 1. The summed E-state index contributed by atoms with van der Waals surface area (Å²) in [6.45, 7) is 4.61. The Kier molecular flexibility index (Phi) is 5.15. The minimum Gasteiger partial charge on any atom is -0.481 e. The molecule has 0 bridgehead atoms. The normalized spacial score (nSPS) is 15.8. The maximum atomic E-state index is 10.7. The third-order valence-electron chi connectivity index (χ3n) is 3.84. The van der Waals surface area contributed by atoms with E-state index in [0.717, 1.165) is 48.4 Å². The number of halogens is 1. The lowest BCUT2D eigenvalue weighted by Crippen LogP contribution is -2.45. The van der Waals surface area contributed by atoms with Gasteiger partial charge < -0.3 is 10.0 Å². The maximum Gasteiger partial charge on any atom is 0.309 e. The largest absolute Gasteiger partial charge is 0.481 e. The Morgan fingerprint density at radius 1 is 1.30 bits per heavy atom. The molecule has 0 radical (unpaired) electrons. The van der Waals surface area contributed by atoms with Crippen molar-refractivity contribution in [3.8, 4) is 0 Å². The van der Waals surface area contributed by atoms with Crippen LogP contribution in [-0.4, -0.2) is 47.1 Å². The zero-order valence-corrected chi connectivity index (χ0v) is 14.2. The third-order valence-corrected chi connectivity index (χ3v) is 4.95. The first-order chi connectivity index (χ1) is 11.1. The number of benzene rings is 1. The van der Waals surface area contributed by atoms with Crippen molar-refractivity contribution in [2.45, 2.75) is 13.0 Å². The fourth-order valence-electron chi connectivity index (χ4n) is 2.69. The number of aliphatic carboxylic acids is 1. The molecular formula is C16H18ClN3O2S. The molecule has 1 fully saturated rings. The van der Waals surface area contributed by atoms with Gasteiger partial charge in [0.2, 0.25) is 0 Å². The SMILES string of the molecule is O=C(O)Cc1csc(CN2CCN(c3cccc(Cl)c3)CC2)n1. The molecule has 0 aliphatic carbocycles. The molecule has 1 aliphatic rings. The molecule has 0 spiro atoms. The zero-order valence-electron chi connectivity index (χ0n) is 12.6. The fourth-order valence-corrected chi connectivity index (χ4v) is 3.71. The van der Waals surface area contributed by atoms with Crippen LogP contribution in [0.4, 0.5) is 5.69 Å². The van der Waals surface area contributed by atoms with Gasteiger partial charge in [-0.2, -0.15) is 0 Å². The van der Waals surface area contributed by atoms with Crippen molar-refractivity contribution in [1.82, 2.24) is 9.88 Å². The highest BCUT2D eigenvalue weighted by Gasteiger charge is 2.18. The topological polar surface area (TPSA) is 56.7 Å². The summed E-state index contributed by atoms with van der Waals surface area (Å²) < 4.78 is 0. The fraction of sp³-hybridized carbons (Fsp3) is 0.375. The Hall–Kier alpha value is -1.63. The minimum atomic E-state index is -0.836. The Morgan fingerprint density at radius 3 is 2.78 bits per heavy atom. The van der Waals surface area contributed by atoms with Gasteiger partial charge in [-0.1, -0.05) is 17.7 Å². The molecule has 0 atom stereocenters. The number of hydrogen-bond acceptors (Lipinski definition) is 5. The molecule has 1 N–H and O–H groups in total. The van der Waals surface area contributed by atoms with E-state index >= 15 is 0 Å². The van der Waals surface area contributed by atoms with Crippen molar-refractivity contribution in [2.75, 3.05) is 31.1 Å². The number of thiazole rings is 1. The lowest BCUT2D eigenvalue weighted by atomic mass is 10.2. The van der Waals surface area contributed by atoms with Crippen molar-refractivity contribution < 1.29 is 9.90 Å². The van der Waals surface area contributed by atoms with Crippen LogP contribution in [0.5, 0.6) is 0 Å². The van der Waals surface area contributed by atoms with Crippen LogP contribution < -0.4 is 4.90 Å². The Balaban J connectivity index is 1.53. The van der Waals surface area contributed by atoms with E-state index in [-0.39, 0.29) is 6.42 Å². The van der Waals surface area contributed by atoms with E-state index < -0.39 is 5.97 Å². The monoisotopic (exact) mass is 351 g/mol. The van der Waals surface area contributed by atoms with Crippen LogP contribution in [-0.2, 0) is 17.8 Å². The van der Waals surface area contributed by atoms with Crippen molar-refractivity contribution in [1.29, 1.82) is 0 Å². The first kappa shape index (κ1) is 16.2. The number of aromatic nitrogens is 1. The number of rotatable bonds is 5. The number of carboxylic acids is 1. The second-order valence-electron chi connectivity index (χ2n) is 5.55. The molecule has 1 saturated heterocycles. The van der Waals surface area contributed by atoms with Crippen LogP contribution in [0, 0.1) is 0 Å². The maximum absolute atomic E-state index is 10.7. The van der Waals surface area contributed by atoms with Gasteiger partial charge in [-0.3, -0.25) is 9.69 Å². The summed E-state index contributed by atoms with van der Waals surface area (Å²) in [5.74, 6) is -0.836. The lowest BCUT2D eigenvalue weighted by Gasteiger charge is -2.35. The second kappa shape index (κ2) is 7.29. The van der Waals surface area contributed by atoms with E-state index in [4.69, 9.17) is 16.7 Å². The highest BCUT2D eigenvalue weighted by atomic mass is 35.5. The molecule has 1 aliphatic heterocycles. The molecule has 122 valence electrons. The van der Waals surface area contributed by atoms with Gasteiger partial charge in [0.15, 0.2) is 0 Å². The molecule has 5 nitrogen and oxygen atoms in total. The summed E-state index contributed by atoms with van der Waals surface area (Å²) in [6.07, 6.45) is -0.000948. The highest BCUT2D eigenvalue weighted by Crippen LogP contribution is 2.21. The van der Waals surface area contributed by atoms with Gasteiger partial charge >= 0.3 is 5.97 Å². The molecule has 1 aromatic carbocycles. The molecule has 1 aromatic heterocycles. The third kappa shape index (κ3) is 4.43. The van der Waals surface area contributed by atoms with Gasteiger partial charge in [-0.15, -0.1) is 11.3 Å². The van der Waals surface area contributed by atoms with Crippen LogP contribution in [0.3, 0.4) is 0 Å². The number of hydrogen-bond donors (Lipinski definition) is 1. The summed E-state index contributed by atoms with van der Waals surface area (Å²) >= 11 is 7.59. The second-order valence-corrected chi connectivity index (χ2v) is 6.93. The van der Waals surface area contributed by atoms with Gasteiger partial charge in [-0.25, -0.2) is 4.98 Å². The van der Waals surface area contributed by atoms with Crippen molar-refractivity contribution in [3.63, 3.8) is 0 Å². The van der Waals surface area contributed by atoms with Crippen molar-refractivity contribution >= 4 is 34.6 Å². The van der Waals surface area contributed by atoms with Gasteiger partial charge in [0.25, 0.3) is 0 Å². The van der Waals surface area contributed by atoms with E-state index in [9.17, 15) is 4.79 Å². The van der Waals surface area contributed by atoms with Crippen molar-refractivity contribution in [2.24, 2.45) is 0 Å². The van der Waals surface area contributed by atoms with Gasteiger partial charge in [0.1, 0.15) is 5.01 Å². The smallest absolute Gasteiger partial charge is 0.309 e. The molecular weight excluding hydrogens is 334 g/mol. The van der Waals surface area contributed by atoms with Gasteiger partial charge in [0, 0.05) is 42.3 Å². The first-order valence-corrected chi connectivity index (χ1v) is 8.74. The Bertz CT molecular complexity index is 683. The molecule has 0 unspecified atom stereocenters. The van der Waals surface area contributed by atoms with E-state index in [1.807, 2.05) is 23.6 Å². The number of anilines is 1. The zero-order chi connectivity index (χ0) is 16.2. The number of nitrogens with zero attached hydrogens (tertiary/aromatic N) is 3. The molecule has 2 aromatic rings.